The van der Waals surface area contributed by atoms with E-state index in [0.29, 0.717) is 0 Å². The molecular formula is C7H3BClF3. The first-order valence-electron chi connectivity index (χ1n) is 3.03. The maximum atomic E-state index is 12.0. The number of rotatable bonds is 0. The lowest BCUT2D eigenvalue weighted by Gasteiger charge is -2.07. The van der Waals surface area contributed by atoms with Crippen molar-refractivity contribution >= 4 is 24.9 Å². The summed E-state index contributed by atoms with van der Waals surface area (Å²) in [7, 11) is 5.23. The van der Waals surface area contributed by atoms with Gasteiger partial charge in [-0.25, -0.2) is 0 Å². The highest BCUT2D eigenvalue weighted by Crippen LogP contribution is 2.29. The van der Waals surface area contributed by atoms with Gasteiger partial charge in [0.15, 0.2) is 0 Å². The van der Waals surface area contributed by atoms with Crippen molar-refractivity contribution < 1.29 is 13.2 Å². The van der Waals surface area contributed by atoms with Gasteiger partial charge in [-0.2, -0.15) is 13.2 Å². The molecule has 12 heavy (non-hydrogen) atoms. The van der Waals surface area contributed by atoms with Gasteiger partial charge in [-0.3, -0.25) is 0 Å². The molecule has 5 heteroatoms. The number of alkyl halides is 3. The topological polar surface area (TPSA) is 0 Å². The molecule has 1 aromatic carbocycles. The number of hydrogen-bond donors (Lipinski definition) is 0. The first-order chi connectivity index (χ1) is 5.41. The molecule has 0 aliphatic rings. The first-order valence-corrected chi connectivity index (χ1v) is 3.41. The summed E-state index contributed by atoms with van der Waals surface area (Å²) in [5, 5.41) is -0.0789. The maximum absolute atomic E-state index is 12.0. The van der Waals surface area contributed by atoms with E-state index in [2.05, 4.69) is 0 Å². The van der Waals surface area contributed by atoms with Crippen LogP contribution in [0.15, 0.2) is 18.2 Å². The van der Waals surface area contributed by atoms with Gasteiger partial charge in [0.05, 0.1) is 5.56 Å². The van der Waals surface area contributed by atoms with Crippen molar-refractivity contribution in [1.29, 1.82) is 0 Å². The van der Waals surface area contributed by atoms with Crippen LogP contribution in [-0.2, 0) is 6.18 Å². The maximum Gasteiger partial charge on any atom is 0.416 e. The molecule has 0 saturated carbocycles. The summed E-state index contributed by atoms with van der Waals surface area (Å²) < 4.78 is 36.0. The van der Waals surface area contributed by atoms with Crippen molar-refractivity contribution in [1.82, 2.24) is 0 Å². The van der Waals surface area contributed by atoms with Crippen LogP contribution in [0.1, 0.15) is 5.56 Å². The molecule has 0 unspecified atom stereocenters. The lowest BCUT2D eigenvalue weighted by atomic mass is 9.95. The Morgan fingerprint density at radius 1 is 1.25 bits per heavy atom. The normalized spacial score (nSPS) is 11.7. The van der Waals surface area contributed by atoms with Crippen molar-refractivity contribution in [2.24, 2.45) is 0 Å². The minimum absolute atomic E-state index is 0.0789. The fourth-order valence-electron chi connectivity index (χ4n) is 0.703. The number of hydrogen-bond acceptors (Lipinski definition) is 0. The van der Waals surface area contributed by atoms with Crippen LogP contribution in [0.3, 0.4) is 0 Å². The van der Waals surface area contributed by atoms with E-state index in [1.807, 2.05) is 0 Å². The van der Waals surface area contributed by atoms with Gasteiger partial charge in [0.1, 0.15) is 7.85 Å². The largest absolute Gasteiger partial charge is 0.416 e. The Hall–Kier alpha value is -0.635. The summed E-state index contributed by atoms with van der Waals surface area (Å²) in [6.07, 6.45) is -4.36. The van der Waals surface area contributed by atoms with E-state index in [9.17, 15) is 13.2 Å². The lowest BCUT2D eigenvalue weighted by molar-refractivity contribution is -0.137. The Bertz CT molecular complexity index is 295. The molecule has 0 aliphatic heterocycles. The van der Waals surface area contributed by atoms with Gasteiger partial charge >= 0.3 is 6.18 Å². The molecule has 0 heterocycles. The highest BCUT2D eigenvalue weighted by atomic mass is 35.5. The zero-order valence-corrected chi connectivity index (χ0v) is 6.58. The molecule has 0 aromatic heterocycles. The SMILES string of the molecule is [B]c1ccc(C(F)(F)F)cc1Cl. The van der Waals surface area contributed by atoms with Crippen LogP contribution in [0.4, 0.5) is 13.2 Å². The highest BCUT2D eigenvalue weighted by molar-refractivity contribution is 6.45. The highest BCUT2D eigenvalue weighted by Gasteiger charge is 2.30. The standard InChI is InChI=1S/C7H3BClF3/c8-5-2-1-4(3-6(5)9)7(10,11)12/h1-3H. The predicted octanol–water partition coefficient (Wildman–Crippen LogP) is 2.15. The minimum Gasteiger partial charge on any atom is -0.166 e. The third-order valence-electron chi connectivity index (χ3n) is 1.33. The summed E-state index contributed by atoms with van der Waals surface area (Å²) in [4.78, 5) is 0. The van der Waals surface area contributed by atoms with Crippen LogP contribution in [-0.4, -0.2) is 7.85 Å². The molecule has 0 saturated heterocycles. The Morgan fingerprint density at radius 2 is 1.83 bits per heavy atom. The van der Waals surface area contributed by atoms with Crippen LogP contribution < -0.4 is 5.46 Å². The molecule has 62 valence electrons. The zero-order valence-electron chi connectivity index (χ0n) is 5.82. The lowest BCUT2D eigenvalue weighted by Crippen LogP contribution is -2.09. The Balaban J connectivity index is 3.14. The van der Waals surface area contributed by atoms with Crippen molar-refractivity contribution in [3.05, 3.63) is 28.8 Å². The molecule has 2 radical (unpaired) electrons. The monoisotopic (exact) mass is 190 g/mol. The summed E-state index contributed by atoms with van der Waals surface area (Å²) in [6.45, 7) is 0. The Kier molecular flexibility index (Phi) is 2.37. The summed E-state index contributed by atoms with van der Waals surface area (Å²) in [6, 6.07) is 2.82. The molecule has 0 spiro atoms. The van der Waals surface area contributed by atoms with Crippen LogP contribution >= 0.6 is 11.6 Å². The van der Waals surface area contributed by atoms with E-state index in [-0.39, 0.29) is 10.5 Å². The molecule has 0 fully saturated rings. The van der Waals surface area contributed by atoms with Crippen LogP contribution in [0.2, 0.25) is 5.02 Å². The number of halogens is 4. The molecule has 1 rings (SSSR count). The Morgan fingerprint density at radius 3 is 2.25 bits per heavy atom. The van der Waals surface area contributed by atoms with Crippen LogP contribution in [0, 0.1) is 0 Å². The second-order valence-electron chi connectivity index (χ2n) is 2.23. The quantitative estimate of drug-likeness (QED) is 0.550. The van der Waals surface area contributed by atoms with Crippen molar-refractivity contribution in [2.75, 3.05) is 0 Å². The minimum atomic E-state index is -4.36. The van der Waals surface area contributed by atoms with Gasteiger partial charge in [0, 0.05) is 5.02 Å². The average molecular weight is 190 g/mol. The number of benzene rings is 1. The molecule has 0 bridgehead atoms. The van der Waals surface area contributed by atoms with Gasteiger partial charge in [-0.15, -0.1) is 0 Å². The molecule has 0 nitrogen and oxygen atoms in total. The summed E-state index contributed by atoms with van der Waals surface area (Å²) in [5.74, 6) is 0. The molecule has 0 amide bonds. The molecule has 0 aliphatic carbocycles. The molecule has 0 atom stereocenters. The summed E-state index contributed by atoms with van der Waals surface area (Å²) >= 11 is 5.39. The van der Waals surface area contributed by atoms with Crippen molar-refractivity contribution in [2.45, 2.75) is 6.18 Å². The third-order valence-corrected chi connectivity index (χ3v) is 1.66. The molecule has 0 N–H and O–H groups in total. The summed E-state index contributed by atoms with van der Waals surface area (Å²) in [5.41, 5.74) is -0.647. The van der Waals surface area contributed by atoms with E-state index in [1.165, 1.54) is 0 Å². The van der Waals surface area contributed by atoms with E-state index < -0.39 is 11.7 Å². The van der Waals surface area contributed by atoms with Crippen molar-refractivity contribution in [3.8, 4) is 0 Å². The third kappa shape index (κ3) is 1.94. The van der Waals surface area contributed by atoms with E-state index in [4.69, 9.17) is 19.4 Å². The Labute approximate surface area is 73.7 Å². The van der Waals surface area contributed by atoms with Crippen LogP contribution in [0.25, 0.3) is 0 Å². The second kappa shape index (κ2) is 3.01. The first kappa shape index (κ1) is 9.45. The molecule has 1 aromatic rings. The van der Waals surface area contributed by atoms with Crippen molar-refractivity contribution in [3.63, 3.8) is 0 Å². The fourth-order valence-corrected chi connectivity index (χ4v) is 0.884. The molecular weight excluding hydrogens is 187 g/mol. The van der Waals surface area contributed by atoms with Gasteiger partial charge in [-0.05, 0) is 6.07 Å². The van der Waals surface area contributed by atoms with Gasteiger partial charge in [-0.1, -0.05) is 29.2 Å². The fraction of sp³-hybridized carbons (Fsp3) is 0.143. The van der Waals surface area contributed by atoms with E-state index in [1.54, 1.807) is 0 Å². The van der Waals surface area contributed by atoms with Gasteiger partial charge in [0.2, 0.25) is 0 Å². The van der Waals surface area contributed by atoms with Gasteiger partial charge < -0.3 is 0 Å². The predicted molar refractivity (Wildman–Crippen MR) is 41.8 cm³/mol. The zero-order chi connectivity index (χ0) is 9.35. The van der Waals surface area contributed by atoms with Gasteiger partial charge in [0.25, 0.3) is 0 Å². The van der Waals surface area contributed by atoms with Crippen LogP contribution in [0.5, 0.6) is 0 Å². The smallest absolute Gasteiger partial charge is 0.166 e. The van der Waals surface area contributed by atoms with E-state index >= 15 is 0 Å². The average Bonchev–Trinajstić information content (AvgIpc) is 1.92. The van der Waals surface area contributed by atoms with E-state index in [0.717, 1.165) is 18.2 Å². The second-order valence-corrected chi connectivity index (χ2v) is 2.64.